The molecule has 0 saturated heterocycles. The number of nitrogens with zero attached hydrogens (tertiary/aromatic N) is 6. The lowest BCUT2D eigenvalue weighted by Gasteiger charge is -2.22. The minimum Gasteiger partial charge on any atom is -0.377 e. The van der Waals surface area contributed by atoms with Crippen LogP contribution in [0.5, 0.6) is 0 Å². The van der Waals surface area contributed by atoms with Crippen LogP contribution in [0.1, 0.15) is 29.5 Å². The molecule has 0 aliphatic carbocycles. The Morgan fingerprint density at radius 2 is 1.12 bits per heavy atom. The maximum atomic E-state index is 12.7. The van der Waals surface area contributed by atoms with Crippen LogP contribution in [-0.2, 0) is 9.59 Å². The second-order valence-electron chi connectivity index (χ2n) is 12.8. The average Bonchev–Trinajstić information content (AvgIpc) is 3.15. The summed E-state index contributed by atoms with van der Waals surface area (Å²) >= 11 is 0. The first-order valence-corrected chi connectivity index (χ1v) is 19.9. The number of hydrogen-bond acceptors (Lipinski definition) is 8. The first-order valence-electron chi connectivity index (χ1n) is 17.4. The first kappa shape index (κ1) is 39.4. The molecule has 0 spiro atoms. The quantitative estimate of drug-likeness (QED) is 0.0944. The number of carbonyl (C=O) groups is 2. The van der Waals surface area contributed by atoms with Crippen molar-refractivity contribution >= 4 is 63.0 Å². The molecule has 0 saturated carbocycles. The molecular weight excluding hydrogens is 673 g/mol. The molecule has 2 aromatic carbocycles. The summed E-state index contributed by atoms with van der Waals surface area (Å²) in [5.74, 6) is 0.881. The molecule has 0 fully saturated rings. The van der Waals surface area contributed by atoms with Crippen molar-refractivity contribution in [1.29, 1.82) is 0 Å². The zero-order chi connectivity index (χ0) is 36.4. The standard InChI is InChI=1S/C41H52N6O2S2/c1-43-30-22-37(23-31-43)11-9-35-14-18-39(19-15-35)45(3)27-7-29-47(5)41(49)33-51-50-32-40(48)46(4)28-6-26-44(2)38-16-12-34(13-17-38)8-10-36-20-24-42-25-21-36/h8-25,30H,6-7,26-29,31-33H2,1-5H3/b10-8+,11-9+. The Bertz CT molecular complexity index is 1640. The topological polar surface area (TPSA) is 63.2 Å². The van der Waals surface area contributed by atoms with Crippen LogP contribution in [0, 0.1) is 0 Å². The third-order valence-electron chi connectivity index (χ3n) is 8.72. The summed E-state index contributed by atoms with van der Waals surface area (Å²) in [6.07, 6.45) is 20.2. The summed E-state index contributed by atoms with van der Waals surface area (Å²) in [5, 5.41) is 0. The molecule has 51 heavy (non-hydrogen) atoms. The number of pyridine rings is 1. The SMILES string of the molecule is CN1C=CC(/C=C/c2ccc(N(C)CCCN(C)C(=O)CSSCC(=O)N(C)CCCN(C)c3ccc(/C=C/c4ccncc4)cc3)cc2)=CC1. The van der Waals surface area contributed by atoms with Gasteiger partial charge in [-0.1, -0.05) is 76.2 Å². The van der Waals surface area contributed by atoms with Gasteiger partial charge in [-0.15, -0.1) is 0 Å². The summed E-state index contributed by atoms with van der Waals surface area (Å²) < 4.78 is 0. The van der Waals surface area contributed by atoms with Crippen molar-refractivity contribution in [3.63, 3.8) is 0 Å². The highest BCUT2D eigenvalue weighted by Gasteiger charge is 2.13. The maximum Gasteiger partial charge on any atom is 0.233 e. The third kappa shape index (κ3) is 14.0. The van der Waals surface area contributed by atoms with Gasteiger partial charge in [0.15, 0.2) is 0 Å². The van der Waals surface area contributed by atoms with Crippen molar-refractivity contribution in [3.8, 4) is 0 Å². The second-order valence-corrected chi connectivity index (χ2v) is 15.3. The lowest BCUT2D eigenvalue weighted by molar-refractivity contribution is -0.127. The van der Waals surface area contributed by atoms with Crippen molar-refractivity contribution in [2.45, 2.75) is 12.8 Å². The van der Waals surface area contributed by atoms with Gasteiger partial charge >= 0.3 is 0 Å². The van der Waals surface area contributed by atoms with Crippen molar-refractivity contribution in [1.82, 2.24) is 19.7 Å². The van der Waals surface area contributed by atoms with Crippen LogP contribution in [-0.4, -0.2) is 111 Å². The van der Waals surface area contributed by atoms with E-state index in [0.717, 1.165) is 55.0 Å². The van der Waals surface area contributed by atoms with Gasteiger partial charge in [0, 0.05) is 91.7 Å². The van der Waals surface area contributed by atoms with Crippen molar-refractivity contribution in [2.24, 2.45) is 0 Å². The molecule has 2 amide bonds. The van der Waals surface area contributed by atoms with Gasteiger partial charge in [0.05, 0.1) is 11.5 Å². The Labute approximate surface area is 313 Å². The number of aromatic nitrogens is 1. The van der Waals surface area contributed by atoms with Crippen molar-refractivity contribution in [3.05, 3.63) is 120 Å². The molecule has 0 N–H and O–H groups in total. The van der Waals surface area contributed by atoms with Gasteiger partial charge in [-0.25, -0.2) is 0 Å². The Morgan fingerprint density at radius 3 is 1.57 bits per heavy atom. The van der Waals surface area contributed by atoms with E-state index >= 15 is 0 Å². The van der Waals surface area contributed by atoms with Gasteiger partial charge < -0.3 is 24.5 Å². The summed E-state index contributed by atoms with van der Waals surface area (Å²) in [5.41, 5.74) is 6.96. The van der Waals surface area contributed by atoms with Crippen LogP contribution in [0.25, 0.3) is 18.2 Å². The average molecular weight is 725 g/mol. The molecule has 1 aliphatic heterocycles. The molecule has 0 atom stereocenters. The van der Waals surface area contributed by atoms with E-state index in [-0.39, 0.29) is 11.8 Å². The highest BCUT2D eigenvalue weighted by molar-refractivity contribution is 8.77. The molecule has 0 unspecified atom stereocenters. The predicted octanol–water partition coefficient (Wildman–Crippen LogP) is 7.30. The zero-order valence-corrected chi connectivity index (χ0v) is 32.3. The minimum atomic E-state index is 0.0835. The van der Waals surface area contributed by atoms with Crippen LogP contribution < -0.4 is 9.80 Å². The molecule has 2 heterocycles. The minimum absolute atomic E-state index is 0.0835. The van der Waals surface area contributed by atoms with Crippen LogP contribution in [0.3, 0.4) is 0 Å². The van der Waals surface area contributed by atoms with E-state index in [4.69, 9.17) is 0 Å². The van der Waals surface area contributed by atoms with Gasteiger partial charge in [0.1, 0.15) is 0 Å². The first-order chi connectivity index (χ1) is 24.7. The lowest BCUT2D eigenvalue weighted by Crippen LogP contribution is -2.32. The largest absolute Gasteiger partial charge is 0.377 e. The maximum absolute atomic E-state index is 12.7. The van der Waals surface area contributed by atoms with Gasteiger partial charge in [-0.3, -0.25) is 14.6 Å². The smallest absolute Gasteiger partial charge is 0.233 e. The number of anilines is 2. The molecule has 0 bridgehead atoms. The zero-order valence-electron chi connectivity index (χ0n) is 30.6. The lowest BCUT2D eigenvalue weighted by atomic mass is 10.1. The monoisotopic (exact) mass is 724 g/mol. The molecule has 270 valence electrons. The van der Waals surface area contributed by atoms with Crippen LogP contribution in [0.15, 0.2) is 103 Å². The summed E-state index contributed by atoms with van der Waals surface area (Å²) in [4.78, 5) is 39.6. The van der Waals surface area contributed by atoms with E-state index in [9.17, 15) is 9.59 Å². The van der Waals surface area contributed by atoms with E-state index in [1.54, 1.807) is 22.2 Å². The molecule has 1 aromatic heterocycles. The molecule has 8 nitrogen and oxygen atoms in total. The Morgan fingerprint density at radius 1 is 0.667 bits per heavy atom. The molecule has 10 heteroatoms. The highest BCUT2D eigenvalue weighted by atomic mass is 33.1. The molecule has 0 radical (unpaired) electrons. The predicted molar refractivity (Wildman–Crippen MR) is 221 cm³/mol. The van der Waals surface area contributed by atoms with Gasteiger partial charge in [-0.05, 0) is 83.8 Å². The van der Waals surface area contributed by atoms with Gasteiger partial charge in [-0.2, -0.15) is 0 Å². The Balaban J connectivity index is 1.04. The number of likely N-dealkylation sites (N-methyl/N-ethyl adjacent to an activating group) is 1. The number of allylic oxidation sites excluding steroid dienone is 3. The summed E-state index contributed by atoms with van der Waals surface area (Å²) in [6.45, 7) is 4.02. The Hall–Kier alpha value is -4.41. The third-order valence-corrected chi connectivity index (χ3v) is 10.8. The van der Waals surface area contributed by atoms with E-state index < -0.39 is 0 Å². The molecule has 4 rings (SSSR count). The van der Waals surface area contributed by atoms with Crippen molar-refractivity contribution < 1.29 is 9.59 Å². The number of hydrogen-bond donors (Lipinski definition) is 0. The van der Waals surface area contributed by atoms with Gasteiger partial charge in [0.2, 0.25) is 11.8 Å². The van der Waals surface area contributed by atoms with Crippen LogP contribution in [0.4, 0.5) is 11.4 Å². The normalized spacial score (nSPS) is 12.7. The van der Waals surface area contributed by atoms with E-state index in [1.807, 2.05) is 26.2 Å². The number of benzene rings is 2. The molecule has 3 aromatic rings. The fourth-order valence-corrected chi connectivity index (χ4v) is 7.17. The van der Waals surface area contributed by atoms with Crippen LogP contribution in [0.2, 0.25) is 0 Å². The highest BCUT2D eigenvalue weighted by Crippen LogP contribution is 2.22. The second kappa shape index (κ2) is 21.1. The Kier molecular flexibility index (Phi) is 16.3. The fourth-order valence-electron chi connectivity index (χ4n) is 5.26. The van der Waals surface area contributed by atoms with Crippen LogP contribution >= 0.6 is 21.6 Å². The fraction of sp³-hybridized carbons (Fsp3) is 0.341. The van der Waals surface area contributed by atoms with E-state index in [0.29, 0.717) is 24.6 Å². The number of carbonyl (C=O) groups excluding carboxylic acids is 2. The van der Waals surface area contributed by atoms with E-state index in [2.05, 4.69) is 132 Å². The molecule has 1 aliphatic rings. The summed E-state index contributed by atoms with van der Waals surface area (Å²) in [6, 6.07) is 21.0. The summed E-state index contributed by atoms with van der Waals surface area (Å²) in [7, 11) is 12.8. The van der Waals surface area contributed by atoms with E-state index in [1.165, 1.54) is 32.7 Å². The van der Waals surface area contributed by atoms with Crippen molar-refractivity contribution in [2.75, 3.05) is 89.3 Å². The van der Waals surface area contributed by atoms with Gasteiger partial charge in [0.25, 0.3) is 0 Å². The number of rotatable bonds is 19. The number of amides is 2. The molecular formula is C41H52N6O2S2.